The minimum Gasteiger partial charge on any atom is -0.495 e. The van der Waals surface area contributed by atoms with Crippen LogP contribution in [0.4, 0.5) is 5.69 Å². The van der Waals surface area contributed by atoms with E-state index in [1.165, 1.54) is 5.69 Å². The van der Waals surface area contributed by atoms with Crippen molar-refractivity contribution in [2.75, 3.05) is 51.3 Å². The Morgan fingerprint density at radius 3 is 2.74 bits per heavy atom. The number of piperazine rings is 1. The van der Waals surface area contributed by atoms with Crippen molar-refractivity contribution >= 4 is 17.1 Å². The monoisotopic (exact) mass is 421 g/mol. The molecule has 0 radical (unpaired) electrons. The molecule has 1 fully saturated rings. The largest absolute Gasteiger partial charge is 0.495 e. The van der Waals surface area contributed by atoms with Gasteiger partial charge in [-0.1, -0.05) is 18.6 Å². The van der Waals surface area contributed by atoms with E-state index in [4.69, 9.17) is 4.74 Å². The standard InChI is InChI=1S/C24H31N5O2/c1-31-23-8-4-3-7-22(23)28-17-15-27(16-18-28)13-6-2-5-11-25-24(30)20-10-14-29-21(19-20)9-12-26-29/h3-4,7-10,12,14,19H,2,5-6,11,13,15-18H2,1H3,(H,25,30). The van der Waals surface area contributed by atoms with Gasteiger partial charge in [-0.2, -0.15) is 5.10 Å². The van der Waals surface area contributed by atoms with Crippen molar-refractivity contribution in [1.82, 2.24) is 19.8 Å². The maximum absolute atomic E-state index is 12.3. The first-order chi connectivity index (χ1) is 15.2. The molecule has 0 unspecified atom stereocenters. The lowest BCUT2D eigenvalue weighted by Gasteiger charge is -2.36. The number of benzene rings is 1. The number of unbranched alkanes of at least 4 members (excludes halogenated alkanes) is 2. The van der Waals surface area contributed by atoms with Gasteiger partial charge in [0.25, 0.3) is 5.91 Å². The first kappa shape index (κ1) is 21.2. The van der Waals surface area contributed by atoms with Gasteiger partial charge < -0.3 is 15.0 Å². The molecule has 1 aliphatic heterocycles. The van der Waals surface area contributed by atoms with E-state index in [1.54, 1.807) is 23.9 Å². The van der Waals surface area contributed by atoms with Gasteiger partial charge in [-0.15, -0.1) is 0 Å². The van der Waals surface area contributed by atoms with Gasteiger partial charge in [-0.25, -0.2) is 4.52 Å². The molecule has 0 bridgehead atoms. The number of para-hydroxylation sites is 2. The molecule has 1 saturated heterocycles. The summed E-state index contributed by atoms with van der Waals surface area (Å²) in [5, 5.41) is 7.18. The third-order valence-corrected chi connectivity index (χ3v) is 5.90. The molecular formula is C24H31N5O2. The molecule has 164 valence electrons. The lowest BCUT2D eigenvalue weighted by molar-refractivity contribution is 0.0953. The minimum atomic E-state index is -0.0174. The number of carbonyl (C=O) groups is 1. The van der Waals surface area contributed by atoms with Gasteiger partial charge in [0, 0.05) is 50.7 Å². The van der Waals surface area contributed by atoms with Gasteiger partial charge in [0.05, 0.1) is 18.3 Å². The van der Waals surface area contributed by atoms with E-state index in [2.05, 4.69) is 32.3 Å². The Kier molecular flexibility index (Phi) is 7.04. The zero-order valence-corrected chi connectivity index (χ0v) is 18.2. The van der Waals surface area contributed by atoms with Crippen molar-refractivity contribution in [1.29, 1.82) is 0 Å². The van der Waals surface area contributed by atoms with Crippen molar-refractivity contribution < 1.29 is 9.53 Å². The van der Waals surface area contributed by atoms with Crippen LogP contribution < -0.4 is 15.0 Å². The van der Waals surface area contributed by atoms with Crippen LogP contribution in [0.5, 0.6) is 5.75 Å². The Hall–Kier alpha value is -3.06. The molecule has 2 aromatic heterocycles. The number of nitrogens with one attached hydrogen (secondary N) is 1. The smallest absolute Gasteiger partial charge is 0.251 e. The van der Waals surface area contributed by atoms with Crippen LogP contribution in [0.15, 0.2) is 54.9 Å². The molecule has 1 N–H and O–H groups in total. The van der Waals surface area contributed by atoms with Gasteiger partial charge >= 0.3 is 0 Å². The molecule has 0 aliphatic carbocycles. The number of ether oxygens (including phenoxy) is 1. The predicted octanol–water partition coefficient (Wildman–Crippen LogP) is 3.07. The van der Waals surface area contributed by atoms with Gasteiger partial charge in [-0.05, 0) is 49.7 Å². The van der Waals surface area contributed by atoms with Crippen LogP contribution >= 0.6 is 0 Å². The van der Waals surface area contributed by atoms with Crippen LogP contribution in [-0.4, -0.2) is 66.8 Å². The molecule has 7 heteroatoms. The summed E-state index contributed by atoms with van der Waals surface area (Å²) < 4.78 is 7.26. The topological polar surface area (TPSA) is 62.1 Å². The number of carbonyl (C=O) groups excluding carboxylic acids is 1. The van der Waals surface area contributed by atoms with E-state index in [9.17, 15) is 4.79 Å². The number of methoxy groups -OCH3 is 1. The minimum absolute atomic E-state index is 0.0174. The van der Waals surface area contributed by atoms with Crippen LogP contribution in [-0.2, 0) is 0 Å². The fraction of sp³-hybridized carbons (Fsp3) is 0.417. The first-order valence-corrected chi connectivity index (χ1v) is 11.1. The molecule has 1 aromatic carbocycles. The Labute approximate surface area is 183 Å². The number of rotatable bonds is 9. The van der Waals surface area contributed by atoms with Crippen molar-refractivity contribution in [3.05, 3.63) is 60.4 Å². The van der Waals surface area contributed by atoms with Crippen LogP contribution in [0, 0.1) is 0 Å². The van der Waals surface area contributed by atoms with Crippen molar-refractivity contribution in [3.63, 3.8) is 0 Å². The number of anilines is 1. The predicted molar refractivity (Wildman–Crippen MR) is 123 cm³/mol. The maximum atomic E-state index is 12.3. The summed E-state index contributed by atoms with van der Waals surface area (Å²) in [7, 11) is 1.73. The third kappa shape index (κ3) is 5.35. The lowest BCUT2D eigenvalue weighted by Crippen LogP contribution is -2.46. The molecule has 3 aromatic rings. The second-order valence-corrected chi connectivity index (χ2v) is 7.93. The molecule has 1 amide bonds. The van der Waals surface area contributed by atoms with Gasteiger partial charge in [0.15, 0.2) is 0 Å². The van der Waals surface area contributed by atoms with Crippen molar-refractivity contribution in [2.45, 2.75) is 19.3 Å². The normalized spacial score (nSPS) is 14.7. The van der Waals surface area contributed by atoms with E-state index in [-0.39, 0.29) is 5.91 Å². The molecule has 0 saturated carbocycles. The molecule has 0 atom stereocenters. The molecule has 0 spiro atoms. The summed E-state index contributed by atoms with van der Waals surface area (Å²) in [6, 6.07) is 13.8. The highest BCUT2D eigenvalue weighted by molar-refractivity contribution is 5.95. The summed E-state index contributed by atoms with van der Waals surface area (Å²) in [6.07, 6.45) is 6.83. The van der Waals surface area contributed by atoms with Crippen molar-refractivity contribution in [3.8, 4) is 5.75 Å². The van der Waals surface area contributed by atoms with E-state index in [0.29, 0.717) is 12.1 Å². The third-order valence-electron chi connectivity index (χ3n) is 5.90. The van der Waals surface area contributed by atoms with Crippen LogP contribution in [0.25, 0.3) is 5.52 Å². The summed E-state index contributed by atoms with van der Waals surface area (Å²) >= 11 is 0. The fourth-order valence-corrected chi connectivity index (χ4v) is 4.11. The fourth-order valence-electron chi connectivity index (χ4n) is 4.11. The molecule has 4 rings (SSSR count). The van der Waals surface area contributed by atoms with E-state index < -0.39 is 0 Å². The summed E-state index contributed by atoms with van der Waals surface area (Å²) in [4.78, 5) is 17.3. The molecule has 3 heterocycles. The van der Waals surface area contributed by atoms with Gasteiger partial charge in [-0.3, -0.25) is 9.69 Å². The molecular weight excluding hydrogens is 390 g/mol. The number of fused-ring (bicyclic) bond motifs is 1. The molecule has 31 heavy (non-hydrogen) atoms. The van der Waals surface area contributed by atoms with E-state index in [0.717, 1.165) is 63.3 Å². The van der Waals surface area contributed by atoms with Crippen LogP contribution in [0.3, 0.4) is 0 Å². The average molecular weight is 422 g/mol. The number of aromatic nitrogens is 2. The second-order valence-electron chi connectivity index (χ2n) is 7.93. The molecule has 1 aliphatic rings. The Bertz CT molecular complexity index is 994. The Morgan fingerprint density at radius 1 is 1.06 bits per heavy atom. The van der Waals surface area contributed by atoms with E-state index in [1.807, 2.05) is 30.5 Å². The lowest BCUT2D eigenvalue weighted by atomic mass is 10.2. The quantitative estimate of drug-likeness (QED) is 0.538. The number of hydrogen-bond acceptors (Lipinski definition) is 5. The second kappa shape index (κ2) is 10.3. The zero-order chi connectivity index (χ0) is 21.5. The Balaban J connectivity index is 1.11. The highest BCUT2D eigenvalue weighted by atomic mass is 16.5. The number of nitrogens with zero attached hydrogens (tertiary/aromatic N) is 4. The van der Waals surface area contributed by atoms with Crippen LogP contribution in [0.1, 0.15) is 29.6 Å². The van der Waals surface area contributed by atoms with Crippen molar-refractivity contribution in [2.24, 2.45) is 0 Å². The highest BCUT2D eigenvalue weighted by Crippen LogP contribution is 2.28. The summed E-state index contributed by atoms with van der Waals surface area (Å²) in [5.41, 5.74) is 2.80. The highest BCUT2D eigenvalue weighted by Gasteiger charge is 2.19. The average Bonchev–Trinajstić information content (AvgIpc) is 3.29. The summed E-state index contributed by atoms with van der Waals surface area (Å²) in [6.45, 7) is 6.03. The number of pyridine rings is 1. The SMILES string of the molecule is COc1ccccc1N1CCN(CCCCCNC(=O)c2ccn3nccc3c2)CC1. The molecule has 7 nitrogen and oxygen atoms in total. The van der Waals surface area contributed by atoms with Gasteiger partial charge in [0.1, 0.15) is 5.75 Å². The Morgan fingerprint density at radius 2 is 1.90 bits per heavy atom. The number of amides is 1. The van der Waals surface area contributed by atoms with E-state index >= 15 is 0 Å². The zero-order valence-electron chi connectivity index (χ0n) is 18.2. The summed E-state index contributed by atoms with van der Waals surface area (Å²) in [5.74, 6) is 0.930. The first-order valence-electron chi connectivity index (χ1n) is 11.1. The number of hydrogen-bond donors (Lipinski definition) is 1. The van der Waals surface area contributed by atoms with Gasteiger partial charge in [0.2, 0.25) is 0 Å². The maximum Gasteiger partial charge on any atom is 0.251 e. The van der Waals surface area contributed by atoms with Crippen LogP contribution in [0.2, 0.25) is 0 Å².